The molecule has 1 aliphatic heterocycles. The number of unbranched alkanes of at least 4 members (excludes halogenated alkanes) is 1. The predicted molar refractivity (Wildman–Crippen MR) is 73.3 cm³/mol. The summed E-state index contributed by atoms with van der Waals surface area (Å²) >= 11 is 0. The van der Waals surface area contributed by atoms with E-state index in [0.717, 1.165) is 38.6 Å². The number of carbonyl (C=O) groups is 1. The Kier molecular flexibility index (Phi) is 6.03. The lowest BCUT2D eigenvalue weighted by molar-refractivity contribution is -0.141. The van der Waals surface area contributed by atoms with E-state index in [9.17, 15) is 9.90 Å². The van der Waals surface area contributed by atoms with Crippen molar-refractivity contribution in [2.24, 2.45) is 0 Å². The van der Waals surface area contributed by atoms with Gasteiger partial charge in [0.05, 0.1) is 0 Å². The first-order valence-corrected chi connectivity index (χ1v) is 7.04. The fourth-order valence-electron chi connectivity index (χ4n) is 2.60. The quantitative estimate of drug-likeness (QED) is 0.658. The van der Waals surface area contributed by atoms with Gasteiger partial charge in [0.15, 0.2) is 0 Å². The van der Waals surface area contributed by atoms with Crippen LogP contribution in [0.2, 0.25) is 5.31 Å². The van der Waals surface area contributed by atoms with E-state index in [-0.39, 0.29) is 0 Å². The van der Waals surface area contributed by atoms with Gasteiger partial charge in [0.1, 0.15) is 7.85 Å². The monoisotopic (exact) mass is 239 g/mol. The summed E-state index contributed by atoms with van der Waals surface area (Å²) < 4.78 is 0. The summed E-state index contributed by atoms with van der Waals surface area (Å²) in [6, 6.07) is 0. The lowest BCUT2D eigenvalue weighted by Gasteiger charge is -2.26. The minimum absolute atomic E-state index is 0.504. The second-order valence-corrected chi connectivity index (χ2v) is 5.62. The second kappa shape index (κ2) is 7.05. The van der Waals surface area contributed by atoms with Crippen LogP contribution in [-0.4, -0.2) is 43.5 Å². The summed E-state index contributed by atoms with van der Waals surface area (Å²) in [5.74, 6) is -0.618. The highest BCUT2D eigenvalue weighted by molar-refractivity contribution is 6.26. The third kappa shape index (κ3) is 4.70. The van der Waals surface area contributed by atoms with Gasteiger partial charge >= 0.3 is 5.97 Å². The van der Waals surface area contributed by atoms with Crippen LogP contribution in [0, 0.1) is 0 Å². The molecule has 1 aliphatic rings. The largest absolute Gasteiger partial charge is 0.481 e. The molecule has 0 aliphatic carbocycles. The van der Waals surface area contributed by atoms with Crippen molar-refractivity contribution < 1.29 is 9.90 Å². The van der Waals surface area contributed by atoms with E-state index in [2.05, 4.69) is 11.8 Å². The van der Waals surface area contributed by atoms with Crippen molar-refractivity contribution in [1.82, 2.24) is 4.90 Å². The standard InChI is InChI=1S/C13H26BNO2/c1-2-3-7-13(14,12(16)17)8-6-11-15-9-4-5-10-15/h2-11,14H2,1H3,(H,16,17). The summed E-state index contributed by atoms with van der Waals surface area (Å²) in [4.78, 5) is 13.8. The van der Waals surface area contributed by atoms with Gasteiger partial charge in [0.2, 0.25) is 0 Å². The van der Waals surface area contributed by atoms with Gasteiger partial charge in [-0.2, -0.15) is 0 Å². The third-order valence-corrected chi connectivity index (χ3v) is 4.00. The predicted octanol–water partition coefficient (Wildman–Crippen LogP) is 1.93. The van der Waals surface area contributed by atoms with Gasteiger partial charge in [-0.15, -0.1) is 0 Å². The smallest absolute Gasteiger partial charge is 0.301 e. The molecule has 0 aromatic carbocycles. The minimum Gasteiger partial charge on any atom is -0.481 e. The average molecular weight is 239 g/mol. The first-order valence-electron chi connectivity index (χ1n) is 7.04. The van der Waals surface area contributed by atoms with E-state index < -0.39 is 11.3 Å². The zero-order valence-electron chi connectivity index (χ0n) is 11.4. The number of rotatable bonds is 8. The van der Waals surface area contributed by atoms with Crippen molar-refractivity contribution in [2.75, 3.05) is 19.6 Å². The molecule has 17 heavy (non-hydrogen) atoms. The fraction of sp³-hybridized carbons (Fsp3) is 0.923. The first-order chi connectivity index (χ1) is 8.08. The van der Waals surface area contributed by atoms with E-state index >= 15 is 0 Å². The molecule has 0 aromatic heterocycles. The molecular weight excluding hydrogens is 213 g/mol. The van der Waals surface area contributed by atoms with E-state index in [1.165, 1.54) is 25.9 Å². The normalized spacial score (nSPS) is 20.3. The molecule has 1 heterocycles. The molecule has 0 saturated carbocycles. The molecule has 1 N–H and O–H groups in total. The van der Waals surface area contributed by atoms with Crippen LogP contribution in [0.15, 0.2) is 0 Å². The van der Waals surface area contributed by atoms with Crippen molar-refractivity contribution in [3.8, 4) is 0 Å². The molecule has 0 spiro atoms. The molecular formula is C13H26BNO2. The summed E-state index contributed by atoms with van der Waals surface area (Å²) in [5, 5.41) is 8.83. The maximum Gasteiger partial charge on any atom is 0.301 e. The maximum absolute atomic E-state index is 11.3. The van der Waals surface area contributed by atoms with Gasteiger partial charge in [0.25, 0.3) is 0 Å². The van der Waals surface area contributed by atoms with E-state index in [4.69, 9.17) is 0 Å². The lowest BCUT2D eigenvalue weighted by atomic mass is 9.63. The Balaban J connectivity index is 2.30. The molecule has 3 nitrogen and oxygen atoms in total. The number of aliphatic carboxylic acids is 1. The highest BCUT2D eigenvalue weighted by atomic mass is 16.4. The first kappa shape index (κ1) is 14.6. The molecule has 0 radical (unpaired) electrons. The summed E-state index contributed by atoms with van der Waals surface area (Å²) in [7, 11) is 1.91. The van der Waals surface area contributed by atoms with Gasteiger partial charge in [0, 0.05) is 5.31 Å². The number of carboxylic acid groups (broad SMARTS) is 1. The van der Waals surface area contributed by atoms with Crippen LogP contribution in [0.4, 0.5) is 0 Å². The number of carboxylic acids is 1. The molecule has 0 amide bonds. The van der Waals surface area contributed by atoms with E-state index in [0.29, 0.717) is 0 Å². The summed E-state index contributed by atoms with van der Waals surface area (Å²) in [6.45, 7) is 5.61. The Labute approximate surface area is 106 Å². The molecule has 1 atom stereocenters. The van der Waals surface area contributed by atoms with Crippen molar-refractivity contribution in [2.45, 2.75) is 57.2 Å². The van der Waals surface area contributed by atoms with Crippen molar-refractivity contribution >= 4 is 13.8 Å². The van der Waals surface area contributed by atoms with Crippen molar-refractivity contribution in [1.29, 1.82) is 0 Å². The molecule has 0 aromatic rings. The highest BCUT2D eigenvalue weighted by Crippen LogP contribution is 2.34. The van der Waals surface area contributed by atoms with Gasteiger partial charge in [-0.3, -0.25) is 4.79 Å². The Morgan fingerprint density at radius 2 is 1.88 bits per heavy atom. The zero-order valence-corrected chi connectivity index (χ0v) is 11.4. The average Bonchev–Trinajstić information content (AvgIpc) is 2.79. The molecule has 1 unspecified atom stereocenters. The Bertz CT molecular complexity index is 242. The van der Waals surface area contributed by atoms with Crippen LogP contribution in [0.5, 0.6) is 0 Å². The SMILES string of the molecule is BC(CCCC)(CCCN1CCCC1)C(=O)O. The summed E-state index contributed by atoms with van der Waals surface area (Å²) in [6.07, 6.45) is 7.38. The third-order valence-electron chi connectivity index (χ3n) is 4.00. The lowest BCUT2D eigenvalue weighted by Crippen LogP contribution is -2.27. The topological polar surface area (TPSA) is 40.5 Å². The minimum atomic E-state index is -0.618. The second-order valence-electron chi connectivity index (χ2n) is 5.62. The maximum atomic E-state index is 11.3. The Morgan fingerprint density at radius 1 is 1.29 bits per heavy atom. The van der Waals surface area contributed by atoms with Gasteiger partial charge in [-0.25, -0.2) is 0 Å². The van der Waals surface area contributed by atoms with E-state index in [1.807, 2.05) is 7.85 Å². The highest BCUT2D eigenvalue weighted by Gasteiger charge is 2.31. The number of likely N-dealkylation sites (tertiary alicyclic amines) is 1. The number of hydrogen-bond donors (Lipinski definition) is 1. The molecule has 1 rings (SSSR count). The van der Waals surface area contributed by atoms with Crippen LogP contribution in [0.25, 0.3) is 0 Å². The number of hydrogen-bond acceptors (Lipinski definition) is 2. The van der Waals surface area contributed by atoms with Crippen molar-refractivity contribution in [3.63, 3.8) is 0 Å². The van der Waals surface area contributed by atoms with E-state index in [1.54, 1.807) is 0 Å². The molecule has 0 bridgehead atoms. The summed E-state index contributed by atoms with van der Waals surface area (Å²) in [5.41, 5.74) is 0. The van der Waals surface area contributed by atoms with Gasteiger partial charge in [-0.1, -0.05) is 19.8 Å². The molecule has 1 saturated heterocycles. The van der Waals surface area contributed by atoms with Crippen LogP contribution >= 0.6 is 0 Å². The Morgan fingerprint density at radius 3 is 2.41 bits per heavy atom. The Hall–Kier alpha value is -0.505. The van der Waals surface area contributed by atoms with Gasteiger partial charge < -0.3 is 10.0 Å². The van der Waals surface area contributed by atoms with Crippen LogP contribution in [0.1, 0.15) is 51.9 Å². The molecule has 1 fully saturated rings. The number of nitrogens with zero attached hydrogens (tertiary/aromatic N) is 1. The molecule has 98 valence electrons. The molecule has 4 heteroatoms. The van der Waals surface area contributed by atoms with Crippen molar-refractivity contribution in [3.05, 3.63) is 0 Å². The van der Waals surface area contributed by atoms with Crippen LogP contribution in [-0.2, 0) is 4.79 Å². The van der Waals surface area contributed by atoms with Crippen LogP contribution in [0.3, 0.4) is 0 Å². The fourth-order valence-corrected chi connectivity index (χ4v) is 2.60. The van der Waals surface area contributed by atoms with Crippen LogP contribution < -0.4 is 0 Å². The van der Waals surface area contributed by atoms with Gasteiger partial charge in [-0.05, 0) is 51.7 Å². The zero-order chi connectivity index (χ0) is 12.7.